The van der Waals surface area contributed by atoms with Crippen LogP contribution >= 0.6 is 23.2 Å². The molecule has 0 saturated carbocycles. The van der Waals surface area contributed by atoms with Gasteiger partial charge in [0.05, 0.1) is 6.04 Å². The van der Waals surface area contributed by atoms with Gasteiger partial charge in [-0.3, -0.25) is 0 Å². The van der Waals surface area contributed by atoms with Crippen LogP contribution in [0.1, 0.15) is 35.2 Å². The van der Waals surface area contributed by atoms with Gasteiger partial charge < -0.3 is 5.32 Å². The molecule has 0 aliphatic heterocycles. The smallest absolute Gasteiger partial charge is 0.0579 e. The van der Waals surface area contributed by atoms with Crippen LogP contribution in [0, 0.1) is 13.8 Å². The van der Waals surface area contributed by atoms with Crippen molar-refractivity contribution in [2.24, 2.45) is 0 Å². The first-order chi connectivity index (χ1) is 9.52. The fourth-order valence-electron chi connectivity index (χ4n) is 2.36. The standard InChI is InChI=1S/C17H19Cl2N/c1-4-20-17(13-6-5-11(2)16(19)10-13)15-8-7-14(18)9-12(15)3/h5-10,17,20H,4H2,1-3H3. The summed E-state index contributed by atoms with van der Waals surface area (Å²) in [6.45, 7) is 7.09. The van der Waals surface area contributed by atoms with E-state index in [0.717, 1.165) is 22.2 Å². The van der Waals surface area contributed by atoms with Gasteiger partial charge in [-0.1, -0.05) is 48.3 Å². The highest BCUT2D eigenvalue weighted by molar-refractivity contribution is 6.31. The summed E-state index contributed by atoms with van der Waals surface area (Å²) in [7, 11) is 0. The predicted octanol–water partition coefficient (Wildman–Crippen LogP) is 5.31. The Morgan fingerprint density at radius 1 is 1.00 bits per heavy atom. The minimum Gasteiger partial charge on any atom is -0.307 e. The van der Waals surface area contributed by atoms with Crippen LogP contribution in [-0.4, -0.2) is 6.54 Å². The van der Waals surface area contributed by atoms with Crippen molar-refractivity contribution in [1.29, 1.82) is 0 Å². The number of aryl methyl sites for hydroxylation is 2. The molecule has 0 fully saturated rings. The second-order valence-corrected chi connectivity index (χ2v) is 5.84. The first-order valence-corrected chi connectivity index (χ1v) is 7.54. The molecule has 0 aromatic heterocycles. The molecule has 106 valence electrons. The maximum absolute atomic E-state index is 6.26. The van der Waals surface area contributed by atoms with Gasteiger partial charge in [0.15, 0.2) is 0 Å². The molecule has 1 N–H and O–H groups in total. The van der Waals surface area contributed by atoms with E-state index in [1.807, 2.05) is 25.1 Å². The molecule has 1 atom stereocenters. The van der Waals surface area contributed by atoms with Gasteiger partial charge in [-0.15, -0.1) is 0 Å². The topological polar surface area (TPSA) is 12.0 Å². The zero-order valence-electron chi connectivity index (χ0n) is 12.0. The third-order valence-electron chi connectivity index (χ3n) is 3.48. The Morgan fingerprint density at radius 2 is 1.75 bits per heavy atom. The van der Waals surface area contributed by atoms with E-state index < -0.39 is 0 Å². The Morgan fingerprint density at radius 3 is 2.35 bits per heavy atom. The summed E-state index contributed by atoms with van der Waals surface area (Å²) < 4.78 is 0. The Kier molecular flexibility index (Phi) is 5.09. The number of hydrogen-bond acceptors (Lipinski definition) is 1. The normalized spacial score (nSPS) is 12.4. The van der Waals surface area contributed by atoms with E-state index in [-0.39, 0.29) is 6.04 Å². The molecule has 20 heavy (non-hydrogen) atoms. The summed E-state index contributed by atoms with van der Waals surface area (Å²) >= 11 is 12.3. The zero-order chi connectivity index (χ0) is 14.7. The van der Waals surface area contributed by atoms with Crippen LogP contribution in [0.15, 0.2) is 36.4 Å². The highest BCUT2D eigenvalue weighted by Gasteiger charge is 2.16. The van der Waals surface area contributed by atoms with Crippen LogP contribution in [0.4, 0.5) is 0 Å². The van der Waals surface area contributed by atoms with Crippen LogP contribution in [0.5, 0.6) is 0 Å². The van der Waals surface area contributed by atoms with Gasteiger partial charge in [0.25, 0.3) is 0 Å². The molecule has 1 nitrogen and oxygen atoms in total. The van der Waals surface area contributed by atoms with Gasteiger partial charge in [0.1, 0.15) is 0 Å². The van der Waals surface area contributed by atoms with E-state index in [2.05, 4.69) is 37.4 Å². The lowest BCUT2D eigenvalue weighted by Crippen LogP contribution is -2.22. The minimum atomic E-state index is 0.135. The second-order valence-electron chi connectivity index (χ2n) is 5.00. The molecule has 0 amide bonds. The van der Waals surface area contributed by atoms with Crippen LogP contribution in [0.25, 0.3) is 0 Å². The molecule has 0 saturated heterocycles. The molecule has 0 aliphatic carbocycles. The second kappa shape index (κ2) is 6.62. The number of rotatable bonds is 4. The number of hydrogen-bond donors (Lipinski definition) is 1. The molecule has 0 heterocycles. The lowest BCUT2D eigenvalue weighted by atomic mass is 9.94. The van der Waals surface area contributed by atoms with Gasteiger partial charge in [0.2, 0.25) is 0 Å². The van der Waals surface area contributed by atoms with Crippen LogP contribution in [0.3, 0.4) is 0 Å². The van der Waals surface area contributed by atoms with Gasteiger partial charge in [-0.2, -0.15) is 0 Å². The summed E-state index contributed by atoms with van der Waals surface area (Å²) in [4.78, 5) is 0. The quantitative estimate of drug-likeness (QED) is 0.807. The molecule has 0 aliphatic rings. The number of benzene rings is 2. The van der Waals surface area contributed by atoms with Crippen LogP contribution < -0.4 is 5.32 Å². The van der Waals surface area contributed by atoms with E-state index in [0.29, 0.717) is 0 Å². The van der Waals surface area contributed by atoms with Gasteiger partial charge in [-0.05, 0) is 60.8 Å². The SMILES string of the molecule is CCNC(c1ccc(C)c(Cl)c1)c1ccc(Cl)cc1C. The third kappa shape index (κ3) is 3.35. The van der Waals surface area contributed by atoms with Gasteiger partial charge in [0, 0.05) is 10.0 Å². The van der Waals surface area contributed by atoms with E-state index in [9.17, 15) is 0 Å². The average Bonchev–Trinajstić information content (AvgIpc) is 2.40. The third-order valence-corrected chi connectivity index (χ3v) is 4.12. The van der Waals surface area contributed by atoms with Crippen molar-refractivity contribution >= 4 is 23.2 Å². The first kappa shape index (κ1) is 15.4. The Labute approximate surface area is 130 Å². The van der Waals surface area contributed by atoms with Crippen molar-refractivity contribution < 1.29 is 0 Å². The molecule has 0 radical (unpaired) electrons. The first-order valence-electron chi connectivity index (χ1n) is 6.78. The highest BCUT2D eigenvalue weighted by Crippen LogP contribution is 2.29. The van der Waals surface area contributed by atoms with E-state index in [1.165, 1.54) is 16.7 Å². The molecule has 2 aromatic rings. The summed E-state index contributed by atoms with van der Waals surface area (Å²) in [6.07, 6.45) is 0. The number of halogens is 2. The van der Waals surface area contributed by atoms with Gasteiger partial charge >= 0.3 is 0 Å². The Balaban J connectivity index is 2.47. The summed E-state index contributed by atoms with van der Waals surface area (Å²) in [5.74, 6) is 0. The largest absolute Gasteiger partial charge is 0.307 e. The molecule has 2 rings (SSSR count). The van der Waals surface area contributed by atoms with E-state index >= 15 is 0 Å². The Hall–Kier alpha value is -1.02. The molecular weight excluding hydrogens is 289 g/mol. The van der Waals surface area contributed by atoms with Crippen LogP contribution in [-0.2, 0) is 0 Å². The van der Waals surface area contributed by atoms with Crippen molar-refractivity contribution in [3.8, 4) is 0 Å². The lowest BCUT2D eigenvalue weighted by Gasteiger charge is -2.21. The molecule has 0 bridgehead atoms. The monoisotopic (exact) mass is 307 g/mol. The van der Waals surface area contributed by atoms with Crippen molar-refractivity contribution in [3.63, 3.8) is 0 Å². The Bertz CT molecular complexity index is 608. The van der Waals surface area contributed by atoms with Crippen LogP contribution in [0.2, 0.25) is 10.0 Å². The summed E-state index contributed by atoms with van der Waals surface area (Å²) in [5, 5.41) is 5.09. The molecule has 3 heteroatoms. The fraction of sp³-hybridized carbons (Fsp3) is 0.294. The van der Waals surface area contributed by atoms with Crippen molar-refractivity contribution in [2.45, 2.75) is 26.8 Å². The van der Waals surface area contributed by atoms with Gasteiger partial charge in [-0.25, -0.2) is 0 Å². The molecular formula is C17H19Cl2N. The highest BCUT2D eigenvalue weighted by atomic mass is 35.5. The summed E-state index contributed by atoms with van der Waals surface area (Å²) in [6, 6.07) is 12.4. The molecule has 2 aromatic carbocycles. The van der Waals surface area contributed by atoms with Crippen molar-refractivity contribution in [1.82, 2.24) is 5.32 Å². The maximum atomic E-state index is 6.26. The van der Waals surface area contributed by atoms with E-state index in [1.54, 1.807) is 0 Å². The zero-order valence-corrected chi connectivity index (χ0v) is 13.5. The van der Waals surface area contributed by atoms with Crippen molar-refractivity contribution in [3.05, 3.63) is 68.7 Å². The average molecular weight is 308 g/mol. The van der Waals surface area contributed by atoms with Crippen molar-refractivity contribution in [2.75, 3.05) is 6.54 Å². The summed E-state index contributed by atoms with van der Waals surface area (Å²) in [5.41, 5.74) is 4.68. The number of nitrogens with one attached hydrogen (secondary N) is 1. The molecule has 0 spiro atoms. The van der Waals surface area contributed by atoms with E-state index in [4.69, 9.17) is 23.2 Å². The molecule has 1 unspecified atom stereocenters. The lowest BCUT2D eigenvalue weighted by molar-refractivity contribution is 0.627. The maximum Gasteiger partial charge on any atom is 0.0579 e. The fourth-order valence-corrected chi connectivity index (χ4v) is 2.78. The minimum absolute atomic E-state index is 0.135. The predicted molar refractivity (Wildman–Crippen MR) is 87.9 cm³/mol.